The zero-order valence-electron chi connectivity index (χ0n) is 10.5. The van der Waals surface area contributed by atoms with E-state index in [1.54, 1.807) is 25.4 Å². The lowest BCUT2D eigenvalue weighted by Crippen LogP contribution is -2.09. The lowest BCUT2D eigenvalue weighted by molar-refractivity contribution is 0.293. The Bertz CT molecular complexity index is 570. The van der Waals surface area contributed by atoms with Crippen molar-refractivity contribution in [3.05, 3.63) is 53.7 Å². The predicted octanol–water partition coefficient (Wildman–Crippen LogP) is 2.30. The Kier molecular flexibility index (Phi) is 4.30. The Morgan fingerprint density at radius 1 is 1.32 bits per heavy atom. The van der Waals surface area contributed by atoms with Crippen molar-refractivity contribution in [2.75, 3.05) is 7.11 Å². The maximum atomic E-state index is 5.58. The molecule has 1 aromatic carbocycles. The number of thiocarbonyl (C=S) groups is 1. The van der Waals surface area contributed by atoms with Crippen LogP contribution < -0.4 is 15.2 Å². The Hall–Kier alpha value is -2.14. The van der Waals surface area contributed by atoms with E-state index in [2.05, 4.69) is 4.98 Å². The van der Waals surface area contributed by atoms with E-state index in [4.69, 9.17) is 27.4 Å². The van der Waals surface area contributed by atoms with E-state index < -0.39 is 0 Å². The molecule has 0 aliphatic heterocycles. The van der Waals surface area contributed by atoms with Crippen LogP contribution in [0.1, 0.15) is 11.1 Å². The largest absolute Gasteiger partial charge is 0.497 e. The van der Waals surface area contributed by atoms with Crippen molar-refractivity contribution in [2.24, 2.45) is 5.73 Å². The fraction of sp³-hybridized carbons (Fsp3) is 0.143. The van der Waals surface area contributed by atoms with Gasteiger partial charge in [-0.05, 0) is 23.8 Å². The summed E-state index contributed by atoms with van der Waals surface area (Å²) in [6.45, 7) is 0.427. The van der Waals surface area contributed by atoms with Crippen molar-refractivity contribution in [3.63, 3.8) is 0 Å². The summed E-state index contributed by atoms with van der Waals surface area (Å²) in [4.78, 5) is 4.46. The van der Waals surface area contributed by atoms with E-state index in [1.807, 2.05) is 24.3 Å². The van der Waals surface area contributed by atoms with Crippen LogP contribution in [-0.2, 0) is 6.61 Å². The second kappa shape index (κ2) is 6.15. The fourth-order valence-corrected chi connectivity index (χ4v) is 1.65. The summed E-state index contributed by atoms with van der Waals surface area (Å²) < 4.78 is 10.7. The predicted molar refractivity (Wildman–Crippen MR) is 77.5 cm³/mol. The number of nitrogens with two attached hydrogens (primary N) is 1. The Morgan fingerprint density at radius 2 is 2.16 bits per heavy atom. The van der Waals surface area contributed by atoms with E-state index in [9.17, 15) is 0 Å². The molecule has 0 unspecified atom stereocenters. The Balaban J connectivity index is 1.99. The number of rotatable bonds is 5. The van der Waals surface area contributed by atoms with Crippen molar-refractivity contribution in [1.82, 2.24) is 4.98 Å². The van der Waals surface area contributed by atoms with Crippen LogP contribution >= 0.6 is 12.2 Å². The number of methoxy groups -OCH3 is 1. The molecular formula is C14H14N2O2S. The van der Waals surface area contributed by atoms with Crippen LogP contribution in [0.5, 0.6) is 11.6 Å². The summed E-state index contributed by atoms with van der Waals surface area (Å²) >= 11 is 4.86. The molecule has 0 spiro atoms. The number of aromatic nitrogens is 1. The van der Waals surface area contributed by atoms with Gasteiger partial charge in [0.05, 0.1) is 7.11 Å². The summed E-state index contributed by atoms with van der Waals surface area (Å²) in [5.74, 6) is 1.33. The summed E-state index contributed by atoms with van der Waals surface area (Å²) in [5, 5.41) is 0. The van der Waals surface area contributed by atoms with E-state index in [0.29, 0.717) is 17.5 Å². The third-order valence-corrected chi connectivity index (χ3v) is 2.78. The van der Waals surface area contributed by atoms with Crippen LogP contribution in [0.2, 0.25) is 0 Å². The minimum Gasteiger partial charge on any atom is -0.497 e. The Morgan fingerprint density at radius 3 is 2.79 bits per heavy atom. The van der Waals surface area contributed by atoms with Crippen LogP contribution in [0.25, 0.3) is 0 Å². The lowest BCUT2D eigenvalue weighted by Gasteiger charge is -2.07. The number of ether oxygens (including phenoxy) is 2. The maximum Gasteiger partial charge on any atom is 0.213 e. The van der Waals surface area contributed by atoms with Gasteiger partial charge in [-0.3, -0.25) is 0 Å². The summed E-state index contributed by atoms with van der Waals surface area (Å²) in [7, 11) is 1.63. The molecule has 0 aliphatic carbocycles. The molecule has 0 amide bonds. The first-order valence-electron chi connectivity index (χ1n) is 5.70. The lowest BCUT2D eigenvalue weighted by atomic mass is 10.2. The van der Waals surface area contributed by atoms with Crippen LogP contribution in [-0.4, -0.2) is 17.1 Å². The van der Waals surface area contributed by atoms with Gasteiger partial charge in [-0.25, -0.2) is 4.98 Å². The molecule has 0 radical (unpaired) electrons. The molecule has 0 atom stereocenters. The minimum atomic E-state index is 0.326. The first-order chi connectivity index (χ1) is 9.19. The van der Waals surface area contributed by atoms with Crippen molar-refractivity contribution in [2.45, 2.75) is 6.61 Å². The van der Waals surface area contributed by atoms with E-state index >= 15 is 0 Å². The first-order valence-corrected chi connectivity index (χ1v) is 6.11. The highest BCUT2D eigenvalue weighted by molar-refractivity contribution is 7.80. The highest BCUT2D eigenvalue weighted by Crippen LogP contribution is 2.15. The van der Waals surface area contributed by atoms with Crippen molar-refractivity contribution in [3.8, 4) is 11.6 Å². The van der Waals surface area contributed by atoms with Gasteiger partial charge in [0.1, 0.15) is 17.3 Å². The minimum absolute atomic E-state index is 0.326. The van der Waals surface area contributed by atoms with Gasteiger partial charge in [-0.1, -0.05) is 24.4 Å². The van der Waals surface area contributed by atoms with Gasteiger partial charge in [0.2, 0.25) is 5.88 Å². The van der Waals surface area contributed by atoms with E-state index in [0.717, 1.165) is 16.9 Å². The third kappa shape index (κ3) is 3.66. The molecule has 0 saturated carbocycles. The summed E-state index contributed by atoms with van der Waals surface area (Å²) in [6.07, 6.45) is 1.60. The molecule has 0 fully saturated rings. The van der Waals surface area contributed by atoms with Gasteiger partial charge < -0.3 is 15.2 Å². The summed E-state index contributed by atoms with van der Waals surface area (Å²) in [6, 6.07) is 11.2. The monoisotopic (exact) mass is 274 g/mol. The van der Waals surface area contributed by atoms with Crippen LogP contribution in [0.4, 0.5) is 0 Å². The number of pyridine rings is 1. The van der Waals surface area contributed by atoms with E-state index in [-0.39, 0.29) is 0 Å². The molecule has 0 bridgehead atoms. The quantitative estimate of drug-likeness (QED) is 0.848. The third-order valence-electron chi connectivity index (χ3n) is 2.54. The maximum absolute atomic E-state index is 5.58. The standard InChI is InChI=1S/C14H14N2O2S/c1-17-12-4-2-3-10(7-12)9-18-13-6-5-11(8-16-13)14(15)19/h2-8H,9H2,1H3,(H2,15,19). The normalized spacial score (nSPS) is 9.95. The number of hydrogen-bond donors (Lipinski definition) is 1. The zero-order valence-corrected chi connectivity index (χ0v) is 11.3. The van der Waals surface area contributed by atoms with Gasteiger partial charge in [0.15, 0.2) is 0 Å². The fourth-order valence-electron chi connectivity index (χ4n) is 1.53. The van der Waals surface area contributed by atoms with Crippen LogP contribution in [0, 0.1) is 0 Å². The molecule has 98 valence electrons. The average molecular weight is 274 g/mol. The van der Waals surface area contributed by atoms with Crippen molar-refractivity contribution < 1.29 is 9.47 Å². The second-order valence-corrected chi connectivity index (χ2v) is 4.33. The number of hydrogen-bond acceptors (Lipinski definition) is 4. The zero-order chi connectivity index (χ0) is 13.7. The molecule has 2 N–H and O–H groups in total. The van der Waals surface area contributed by atoms with Gasteiger partial charge in [0.25, 0.3) is 0 Å². The van der Waals surface area contributed by atoms with E-state index in [1.165, 1.54) is 0 Å². The van der Waals surface area contributed by atoms with Crippen LogP contribution in [0.3, 0.4) is 0 Å². The summed E-state index contributed by atoms with van der Waals surface area (Å²) in [5.41, 5.74) is 7.24. The van der Waals surface area contributed by atoms with Crippen molar-refractivity contribution in [1.29, 1.82) is 0 Å². The van der Waals surface area contributed by atoms with Gasteiger partial charge in [-0.15, -0.1) is 0 Å². The number of nitrogens with zero attached hydrogens (tertiary/aromatic N) is 1. The topological polar surface area (TPSA) is 57.4 Å². The highest BCUT2D eigenvalue weighted by atomic mass is 32.1. The molecular weight excluding hydrogens is 260 g/mol. The first kappa shape index (κ1) is 13.3. The second-order valence-electron chi connectivity index (χ2n) is 3.89. The van der Waals surface area contributed by atoms with Gasteiger partial charge in [0, 0.05) is 17.8 Å². The molecule has 2 rings (SSSR count). The molecule has 5 heteroatoms. The molecule has 19 heavy (non-hydrogen) atoms. The van der Waals surface area contributed by atoms with Gasteiger partial charge in [-0.2, -0.15) is 0 Å². The molecule has 1 heterocycles. The smallest absolute Gasteiger partial charge is 0.213 e. The number of benzene rings is 1. The molecule has 0 aliphatic rings. The molecule has 2 aromatic rings. The van der Waals surface area contributed by atoms with Crippen molar-refractivity contribution >= 4 is 17.2 Å². The molecule has 1 aromatic heterocycles. The van der Waals surface area contributed by atoms with Crippen LogP contribution in [0.15, 0.2) is 42.6 Å². The average Bonchev–Trinajstić information content (AvgIpc) is 2.46. The Labute approximate surface area is 117 Å². The SMILES string of the molecule is COc1cccc(COc2ccc(C(N)=S)cn2)c1. The molecule has 4 nitrogen and oxygen atoms in total. The van der Waals surface area contributed by atoms with Gasteiger partial charge >= 0.3 is 0 Å². The highest BCUT2D eigenvalue weighted by Gasteiger charge is 2.01. The molecule has 0 saturated heterocycles.